The van der Waals surface area contributed by atoms with Gasteiger partial charge in [-0.25, -0.2) is 12.8 Å². The number of rotatable bonds is 6. The molecule has 2 unspecified atom stereocenters. The van der Waals surface area contributed by atoms with E-state index in [9.17, 15) is 12.8 Å². The van der Waals surface area contributed by atoms with Gasteiger partial charge in [-0.3, -0.25) is 4.99 Å². The third kappa shape index (κ3) is 5.36. The van der Waals surface area contributed by atoms with Crippen LogP contribution in [0.25, 0.3) is 0 Å². The van der Waals surface area contributed by atoms with Crippen LogP contribution in [0.1, 0.15) is 19.8 Å². The number of ether oxygens (including phenoxy) is 1. The lowest BCUT2D eigenvalue weighted by Crippen LogP contribution is -2.46. The molecule has 8 heteroatoms. The van der Waals surface area contributed by atoms with Gasteiger partial charge in [-0.05, 0) is 25.0 Å². The van der Waals surface area contributed by atoms with Crippen LogP contribution in [0.2, 0.25) is 0 Å². The van der Waals surface area contributed by atoms with Gasteiger partial charge in [0, 0.05) is 13.1 Å². The molecule has 2 N–H and O–H groups in total. The number of aliphatic imine (C=N–C) groups is 1. The molecule has 0 amide bonds. The van der Waals surface area contributed by atoms with Crippen LogP contribution in [-0.4, -0.2) is 51.6 Å². The van der Waals surface area contributed by atoms with E-state index in [1.54, 1.807) is 25.2 Å². The molecule has 1 aliphatic rings. The van der Waals surface area contributed by atoms with Crippen LogP contribution in [0.4, 0.5) is 4.39 Å². The first kappa shape index (κ1) is 18.5. The van der Waals surface area contributed by atoms with Crippen LogP contribution in [0.15, 0.2) is 29.3 Å². The van der Waals surface area contributed by atoms with Gasteiger partial charge in [-0.1, -0.05) is 19.1 Å². The van der Waals surface area contributed by atoms with Gasteiger partial charge in [-0.15, -0.1) is 0 Å². The second-order valence-corrected chi connectivity index (χ2v) is 8.00. The summed E-state index contributed by atoms with van der Waals surface area (Å²) in [6, 6.07) is 6.15. The van der Waals surface area contributed by atoms with Crippen molar-refractivity contribution in [1.29, 1.82) is 0 Å². The molecule has 2 rings (SSSR count). The fraction of sp³-hybridized carbons (Fsp3) is 0.562. The third-order valence-corrected chi connectivity index (χ3v) is 5.65. The Morgan fingerprint density at radius 3 is 2.79 bits per heavy atom. The van der Waals surface area contributed by atoms with Gasteiger partial charge in [0.2, 0.25) is 0 Å². The summed E-state index contributed by atoms with van der Waals surface area (Å²) >= 11 is 0. The minimum atomic E-state index is -2.94. The molecule has 0 saturated carbocycles. The lowest BCUT2D eigenvalue weighted by atomic mass is 10.2. The summed E-state index contributed by atoms with van der Waals surface area (Å²) in [5, 5.41) is 6.22. The highest BCUT2D eigenvalue weighted by Crippen LogP contribution is 2.17. The van der Waals surface area contributed by atoms with Crippen molar-refractivity contribution in [2.24, 2.45) is 4.99 Å². The topological polar surface area (TPSA) is 79.8 Å². The molecule has 6 nitrogen and oxygen atoms in total. The summed E-state index contributed by atoms with van der Waals surface area (Å²) in [4.78, 5) is 4.10. The maximum absolute atomic E-state index is 13.7. The highest BCUT2D eigenvalue weighted by atomic mass is 32.2. The zero-order valence-electron chi connectivity index (χ0n) is 14.0. The number of hydrogen-bond donors (Lipinski definition) is 2. The van der Waals surface area contributed by atoms with Gasteiger partial charge >= 0.3 is 0 Å². The highest BCUT2D eigenvalue weighted by Gasteiger charge is 2.28. The molecule has 0 aromatic heterocycles. The van der Waals surface area contributed by atoms with Crippen LogP contribution in [0.3, 0.4) is 0 Å². The molecule has 1 saturated heterocycles. The first-order valence-corrected chi connectivity index (χ1v) is 9.84. The van der Waals surface area contributed by atoms with Crippen LogP contribution in [-0.2, 0) is 9.84 Å². The Kier molecular flexibility index (Phi) is 6.42. The lowest BCUT2D eigenvalue weighted by molar-refractivity contribution is 0.191. The quantitative estimate of drug-likeness (QED) is 0.593. The number of benzene rings is 1. The van der Waals surface area contributed by atoms with E-state index in [0.29, 0.717) is 25.3 Å². The molecule has 1 aliphatic heterocycles. The summed E-state index contributed by atoms with van der Waals surface area (Å²) in [5.74, 6) is 0.671. The SMILES string of the molecule is CCC(CNC(=NC)NC1CCS(=O)(=O)C1)Oc1ccccc1F. The Morgan fingerprint density at radius 1 is 1.46 bits per heavy atom. The van der Waals surface area contributed by atoms with Crippen LogP contribution < -0.4 is 15.4 Å². The standard InChI is InChI=1S/C16H24FN3O3S/c1-3-13(23-15-7-5-4-6-14(15)17)10-19-16(18-2)20-12-8-9-24(21,22)11-12/h4-7,12-13H,3,8-11H2,1-2H3,(H2,18,19,20). The molecule has 2 atom stereocenters. The van der Waals surface area contributed by atoms with Crippen molar-refractivity contribution in [3.8, 4) is 5.75 Å². The Hall–Kier alpha value is -1.83. The van der Waals surface area contributed by atoms with Crippen molar-refractivity contribution < 1.29 is 17.5 Å². The highest BCUT2D eigenvalue weighted by molar-refractivity contribution is 7.91. The fourth-order valence-electron chi connectivity index (χ4n) is 2.50. The van der Waals surface area contributed by atoms with Gasteiger partial charge in [0.15, 0.2) is 27.4 Å². The maximum atomic E-state index is 13.7. The molecule has 0 bridgehead atoms. The molecule has 24 heavy (non-hydrogen) atoms. The number of hydrogen-bond acceptors (Lipinski definition) is 4. The molecule has 1 aromatic carbocycles. The van der Waals surface area contributed by atoms with Gasteiger partial charge in [0.25, 0.3) is 0 Å². The van der Waals surface area contributed by atoms with E-state index in [1.165, 1.54) is 6.07 Å². The molecule has 1 aromatic rings. The largest absolute Gasteiger partial charge is 0.486 e. The zero-order chi connectivity index (χ0) is 17.6. The number of nitrogens with one attached hydrogen (secondary N) is 2. The van der Waals surface area contributed by atoms with E-state index in [2.05, 4.69) is 15.6 Å². The number of nitrogens with zero attached hydrogens (tertiary/aromatic N) is 1. The van der Waals surface area contributed by atoms with Crippen LogP contribution in [0, 0.1) is 5.82 Å². The average molecular weight is 357 g/mol. The smallest absolute Gasteiger partial charge is 0.191 e. The number of guanidine groups is 1. The molecule has 1 fully saturated rings. The Labute approximate surface area is 142 Å². The first-order valence-electron chi connectivity index (χ1n) is 8.02. The van der Waals surface area contributed by atoms with Gasteiger partial charge in [0.1, 0.15) is 6.10 Å². The van der Waals surface area contributed by atoms with Gasteiger partial charge in [-0.2, -0.15) is 0 Å². The van der Waals surface area contributed by atoms with E-state index in [0.717, 1.165) is 0 Å². The lowest BCUT2D eigenvalue weighted by Gasteiger charge is -2.21. The molecule has 0 radical (unpaired) electrons. The summed E-state index contributed by atoms with van der Waals surface area (Å²) < 4.78 is 42.3. The summed E-state index contributed by atoms with van der Waals surface area (Å²) in [5.41, 5.74) is 0. The fourth-order valence-corrected chi connectivity index (χ4v) is 4.17. The van der Waals surface area contributed by atoms with E-state index >= 15 is 0 Å². The van der Waals surface area contributed by atoms with Crippen molar-refractivity contribution in [3.63, 3.8) is 0 Å². The van der Waals surface area contributed by atoms with Crippen molar-refractivity contribution in [1.82, 2.24) is 10.6 Å². The normalized spacial score (nSPS) is 21.3. The van der Waals surface area contributed by atoms with E-state index in [4.69, 9.17) is 4.74 Å². The molecular weight excluding hydrogens is 333 g/mol. The monoisotopic (exact) mass is 357 g/mol. The summed E-state index contributed by atoms with van der Waals surface area (Å²) in [6.07, 6.45) is 1.04. The van der Waals surface area contributed by atoms with Crippen molar-refractivity contribution in [2.75, 3.05) is 25.1 Å². The Balaban J connectivity index is 1.86. The molecule has 134 valence electrons. The third-order valence-electron chi connectivity index (χ3n) is 3.88. The zero-order valence-corrected chi connectivity index (χ0v) is 14.8. The minimum Gasteiger partial charge on any atom is -0.486 e. The van der Waals surface area contributed by atoms with Crippen molar-refractivity contribution in [3.05, 3.63) is 30.1 Å². The Morgan fingerprint density at radius 2 is 2.21 bits per heavy atom. The van der Waals surface area contributed by atoms with E-state index < -0.39 is 15.7 Å². The summed E-state index contributed by atoms with van der Waals surface area (Å²) in [7, 11) is -1.32. The van der Waals surface area contributed by atoms with E-state index in [-0.39, 0.29) is 29.4 Å². The van der Waals surface area contributed by atoms with Crippen LogP contribution >= 0.6 is 0 Å². The predicted molar refractivity (Wildman–Crippen MR) is 92.7 cm³/mol. The summed E-state index contributed by atoms with van der Waals surface area (Å²) in [6.45, 7) is 2.39. The number of para-hydroxylation sites is 1. The first-order chi connectivity index (χ1) is 11.4. The molecule has 1 heterocycles. The second-order valence-electron chi connectivity index (χ2n) is 5.78. The molecular formula is C16H24FN3O3S. The van der Waals surface area contributed by atoms with Crippen molar-refractivity contribution in [2.45, 2.75) is 31.9 Å². The Bertz CT molecular complexity index is 679. The number of halogens is 1. The van der Waals surface area contributed by atoms with E-state index in [1.807, 2.05) is 6.92 Å². The van der Waals surface area contributed by atoms with Gasteiger partial charge in [0.05, 0.1) is 18.1 Å². The number of sulfone groups is 1. The average Bonchev–Trinajstić information content (AvgIpc) is 2.90. The van der Waals surface area contributed by atoms with Crippen molar-refractivity contribution >= 4 is 15.8 Å². The van der Waals surface area contributed by atoms with Crippen LogP contribution in [0.5, 0.6) is 5.75 Å². The second kappa shape index (κ2) is 8.32. The molecule has 0 spiro atoms. The maximum Gasteiger partial charge on any atom is 0.191 e. The predicted octanol–water partition coefficient (Wildman–Crippen LogP) is 1.34. The molecule has 0 aliphatic carbocycles. The van der Waals surface area contributed by atoms with Gasteiger partial charge < -0.3 is 15.4 Å². The minimum absolute atomic E-state index is 0.122.